The summed E-state index contributed by atoms with van der Waals surface area (Å²) >= 11 is 0. The summed E-state index contributed by atoms with van der Waals surface area (Å²) in [7, 11) is 1.63. The first-order valence-corrected chi connectivity index (χ1v) is 8.71. The molecule has 2 aromatic heterocycles. The Morgan fingerprint density at radius 1 is 1.36 bits per heavy atom. The molecule has 3 heterocycles. The molecule has 1 unspecified atom stereocenters. The smallest absolute Gasteiger partial charge is 0.269 e. The normalized spacial score (nSPS) is 19.4. The summed E-state index contributed by atoms with van der Waals surface area (Å²) in [6, 6.07) is 8.84. The van der Waals surface area contributed by atoms with E-state index < -0.39 is 17.4 Å². The molecule has 1 aliphatic heterocycles. The van der Waals surface area contributed by atoms with Gasteiger partial charge in [-0.3, -0.25) is 9.59 Å². The molecule has 0 aliphatic carbocycles. The second-order valence-electron chi connectivity index (χ2n) is 6.93. The first-order valence-electron chi connectivity index (χ1n) is 8.71. The van der Waals surface area contributed by atoms with Gasteiger partial charge in [-0.05, 0) is 19.1 Å². The van der Waals surface area contributed by atoms with Crippen molar-refractivity contribution < 1.29 is 19.2 Å². The molecule has 0 spiro atoms. The molecule has 144 valence electrons. The van der Waals surface area contributed by atoms with Crippen LogP contribution in [-0.2, 0) is 10.4 Å². The van der Waals surface area contributed by atoms with Gasteiger partial charge in [0.25, 0.3) is 11.8 Å². The van der Waals surface area contributed by atoms with Crippen LogP contribution in [0.15, 0.2) is 41.1 Å². The molecule has 4 rings (SSSR count). The van der Waals surface area contributed by atoms with Crippen molar-refractivity contribution >= 4 is 11.8 Å². The highest BCUT2D eigenvalue weighted by Crippen LogP contribution is 2.34. The van der Waals surface area contributed by atoms with E-state index in [0.29, 0.717) is 29.1 Å². The monoisotopic (exact) mass is 381 g/mol. The number of aryl methyl sites for hydroxylation is 1. The third-order valence-electron chi connectivity index (χ3n) is 4.96. The van der Waals surface area contributed by atoms with E-state index in [1.165, 1.54) is 4.90 Å². The molecule has 1 fully saturated rings. The highest BCUT2D eigenvalue weighted by Gasteiger charge is 2.48. The fraction of sp³-hybridized carbons (Fsp3) is 0.263. The largest absolute Gasteiger partial charge is 0.373 e. The number of aromatic nitrogens is 3. The van der Waals surface area contributed by atoms with Gasteiger partial charge in [0.05, 0.1) is 5.69 Å². The second-order valence-corrected chi connectivity index (χ2v) is 6.93. The number of nitrogens with zero attached hydrogens (tertiary/aromatic N) is 4. The van der Waals surface area contributed by atoms with Crippen LogP contribution in [0.3, 0.4) is 0 Å². The number of aliphatic hydroxyl groups is 1. The standard InChI is InChI=1S/C19H19N5O4/c1-11-10-24(21-16(11)17(20)25)13-5-3-4-12(8-13)14-9-15(28-22-14)19(27)6-7-23(2)18(19)26/h3-5,8-10,27H,6-7H2,1-2H3,(H2,20,25). The third-order valence-corrected chi connectivity index (χ3v) is 4.96. The van der Waals surface area contributed by atoms with E-state index in [9.17, 15) is 14.7 Å². The molecule has 1 aliphatic rings. The first-order chi connectivity index (χ1) is 13.3. The number of likely N-dealkylation sites (tertiary alicyclic amines) is 1. The van der Waals surface area contributed by atoms with E-state index in [-0.39, 0.29) is 17.9 Å². The highest BCUT2D eigenvalue weighted by atomic mass is 16.5. The van der Waals surface area contributed by atoms with Gasteiger partial charge in [0.1, 0.15) is 5.69 Å². The van der Waals surface area contributed by atoms with Crippen LogP contribution in [0.4, 0.5) is 0 Å². The molecular formula is C19H19N5O4. The van der Waals surface area contributed by atoms with Gasteiger partial charge in [-0.25, -0.2) is 4.68 Å². The predicted molar refractivity (Wildman–Crippen MR) is 98.5 cm³/mol. The topological polar surface area (TPSA) is 127 Å². The first kappa shape index (κ1) is 17.9. The molecule has 9 nitrogen and oxygen atoms in total. The number of carbonyl (C=O) groups excluding carboxylic acids is 2. The summed E-state index contributed by atoms with van der Waals surface area (Å²) < 4.78 is 6.85. The average Bonchev–Trinajstić information content (AvgIpc) is 3.38. The van der Waals surface area contributed by atoms with Gasteiger partial charge >= 0.3 is 0 Å². The fourth-order valence-corrected chi connectivity index (χ4v) is 3.33. The van der Waals surface area contributed by atoms with Crippen molar-refractivity contribution in [3.8, 4) is 16.9 Å². The molecule has 3 N–H and O–H groups in total. The Labute approximate surface area is 160 Å². The van der Waals surface area contributed by atoms with Crippen molar-refractivity contribution in [2.75, 3.05) is 13.6 Å². The van der Waals surface area contributed by atoms with E-state index >= 15 is 0 Å². The number of benzene rings is 1. The fourth-order valence-electron chi connectivity index (χ4n) is 3.33. The van der Waals surface area contributed by atoms with Crippen LogP contribution in [-0.4, -0.2) is 50.4 Å². The van der Waals surface area contributed by atoms with Crippen molar-refractivity contribution in [3.63, 3.8) is 0 Å². The van der Waals surface area contributed by atoms with Crippen molar-refractivity contribution in [2.45, 2.75) is 18.9 Å². The minimum absolute atomic E-state index is 0.119. The summed E-state index contributed by atoms with van der Waals surface area (Å²) in [6.45, 7) is 2.20. The maximum Gasteiger partial charge on any atom is 0.269 e. The van der Waals surface area contributed by atoms with Gasteiger partial charge in [0, 0.05) is 43.4 Å². The summed E-state index contributed by atoms with van der Waals surface area (Å²) in [6.07, 6.45) is 1.96. The number of likely N-dealkylation sites (N-methyl/N-ethyl adjacent to an activating group) is 1. The Balaban J connectivity index is 1.68. The van der Waals surface area contributed by atoms with Crippen molar-refractivity contribution in [1.82, 2.24) is 19.8 Å². The van der Waals surface area contributed by atoms with E-state index in [1.807, 2.05) is 24.3 Å². The molecule has 1 saturated heterocycles. The molecule has 0 bridgehead atoms. The lowest BCUT2D eigenvalue weighted by molar-refractivity contribution is -0.144. The third kappa shape index (κ3) is 2.76. The van der Waals surface area contributed by atoms with Gasteiger partial charge < -0.3 is 20.3 Å². The predicted octanol–water partition coefficient (Wildman–Crippen LogP) is 0.984. The van der Waals surface area contributed by atoms with Crippen molar-refractivity contribution in [3.05, 3.63) is 53.5 Å². The average molecular weight is 381 g/mol. The number of carbonyl (C=O) groups is 2. The van der Waals surface area contributed by atoms with E-state index in [4.69, 9.17) is 10.3 Å². The molecule has 3 aromatic rings. The number of primary amides is 1. The molecule has 9 heteroatoms. The number of nitrogens with two attached hydrogens (primary N) is 1. The summed E-state index contributed by atoms with van der Waals surface area (Å²) in [4.78, 5) is 25.1. The molecule has 28 heavy (non-hydrogen) atoms. The molecule has 0 radical (unpaired) electrons. The number of rotatable bonds is 4. The Hall–Kier alpha value is -3.46. The Morgan fingerprint density at radius 3 is 2.79 bits per heavy atom. The van der Waals surface area contributed by atoms with Crippen LogP contribution in [0.25, 0.3) is 16.9 Å². The minimum Gasteiger partial charge on any atom is -0.373 e. The molecule has 1 atom stereocenters. The lowest BCUT2D eigenvalue weighted by Crippen LogP contribution is -2.35. The lowest BCUT2D eigenvalue weighted by atomic mass is 9.98. The Kier molecular flexibility index (Phi) is 4.04. The van der Waals surface area contributed by atoms with E-state index in [0.717, 1.165) is 0 Å². The van der Waals surface area contributed by atoms with Gasteiger partial charge in [-0.1, -0.05) is 17.3 Å². The van der Waals surface area contributed by atoms with Crippen LogP contribution in [0.1, 0.15) is 28.2 Å². The van der Waals surface area contributed by atoms with Gasteiger partial charge in [-0.15, -0.1) is 0 Å². The zero-order valence-electron chi connectivity index (χ0n) is 15.4. The van der Waals surface area contributed by atoms with E-state index in [1.54, 1.807) is 30.9 Å². The van der Waals surface area contributed by atoms with Crippen LogP contribution < -0.4 is 5.73 Å². The minimum atomic E-state index is -1.69. The van der Waals surface area contributed by atoms with Crippen molar-refractivity contribution in [2.24, 2.45) is 5.73 Å². The molecule has 1 aromatic carbocycles. The number of hydrogen-bond acceptors (Lipinski definition) is 6. The van der Waals surface area contributed by atoms with Gasteiger partial charge in [-0.2, -0.15) is 5.10 Å². The number of hydrogen-bond donors (Lipinski definition) is 2. The maximum atomic E-state index is 12.2. The SMILES string of the molecule is Cc1cn(-c2cccc(-c3cc(C4(O)CCN(C)C4=O)on3)c2)nc1C(N)=O. The van der Waals surface area contributed by atoms with Crippen molar-refractivity contribution in [1.29, 1.82) is 0 Å². The zero-order valence-corrected chi connectivity index (χ0v) is 15.4. The Morgan fingerprint density at radius 2 is 2.14 bits per heavy atom. The summed E-state index contributed by atoms with van der Waals surface area (Å²) in [5.41, 5.74) is 6.42. The molecule has 2 amide bonds. The van der Waals surface area contributed by atoms with Gasteiger partial charge in [0.2, 0.25) is 5.60 Å². The lowest BCUT2D eigenvalue weighted by Gasteiger charge is -2.16. The highest BCUT2D eigenvalue weighted by molar-refractivity contribution is 5.92. The van der Waals surface area contributed by atoms with Crippen LogP contribution in [0.5, 0.6) is 0 Å². The van der Waals surface area contributed by atoms with E-state index in [2.05, 4.69) is 10.3 Å². The molecule has 0 saturated carbocycles. The summed E-state index contributed by atoms with van der Waals surface area (Å²) in [5, 5.41) is 18.9. The van der Waals surface area contributed by atoms with Crippen LogP contribution >= 0.6 is 0 Å². The van der Waals surface area contributed by atoms with Gasteiger partial charge in [0.15, 0.2) is 11.5 Å². The quantitative estimate of drug-likeness (QED) is 0.693. The summed E-state index contributed by atoms with van der Waals surface area (Å²) in [5.74, 6) is -0.879. The van der Waals surface area contributed by atoms with Crippen LogP contribution in [0.2, 0.25) is 0 Å². The Bertz CT molecular complexity index is 1090. The second kappa shape index (κ2) is 6.31. The molecular weight excluding hydrogens is 362 g/mol. The number of amides is 2. The van der Waals surface area contributed by atoms with Crippen LogP contribution in [0, 0.1) is 6.92 Å². The zero-order chi connectivity index (χ0) is 20.1. The maximum absolute atomic E-state index is 12.2.